The standard InChI is InChI=1S/C17H20N2O4/c1-11-6-14(18-23-11)9-17(20)19-5-4-12-7-15(21-2)16(22-3)8-13(12)10-19/h6-8H,4-5,9-10H2,1-3H3. The molecular formula is C17H20N2O4. The Labute approximate surface area is 135 Å². The van der Waals surface area contributed by atoms with Crippen molar-refractivity contribution in [3.63, 3.8) is 0 Å². The number of nitrogens with zero attached hydrogens (tertiary/aromatic N) is 2. The van der Waals surface area contributed by atoms with Crippen molar-refractivity contribution < 1.29 is 18.8 Å². The lowest BCUT2D eigenvalue weighted by Gasteiger charge is -2.29. The fraction of sp³-hybridized carbons (Fsp3) is 0.412. The van der Waals surface area contributed by atoms with E-state index in [0.717, 1.165) is 17.7 Å². The maximum Gasteiger partial charge on any atom is 0.229 e. The highest BCUT2D eigenvalue weighted by molar-refractivity contribution is 5.78. The van der Waals surface area contributed by atoms with Gasteiger partial charge in [-0.3, -0.25) is 4.79 Å². The Bertz CT molecular complexity index is 723. The van der Waals surface area contributed by atoms with Crippen LogP contribution in [0.4, 0.5) is 0 Å². The molecule has 0 fully saturated rings. The lowest BCUT2D eigenvalue weighted by Crippen LogP contribution is -2.37. The third-order valence-electron chi connectivity index (χ3n) is 4.08. The summed E-state index contributed by atoms with van der Waals surface area (Å²) in [7, 11) is 3.24. The molecule has 1 aliphatic rings. The van der Waals surface area contributed by atoms with Gasteiger partial charge in [-0.05, 0) is 36.6 Å². The van der Waals surface area contributed by atoms with Crippen LogP contribution in [0.15, 0.2) is 22.7 Å². The van der Waals surface area contributed by atoms with E-state index >= 15 is 0 Å². The number of rotatable bonds is 4. The Hall–Kier alpha value is -2.50. The Kier molecular flexibility index (Phi) is 4.23. The fourth-order valence-corrected chi connectivity index (χ4v) is 2.86. The minimum atomic E-state index is 0.0544. The summed E-state index contributed by atoms with van der Waals surface area (Å²) in [4.78, 5) is 14.3. The topological polar surface area (TPSA) is 64.8 Å². The lowest BCUT2D eigenvalue weighted by atomic mass is 9.98. The van der Waals surface area contributed by atoms with Crippen molar-refractivity contribution in [3.05, 3.63) is 40.8 Å². The second kappa shape index (κ2) is 6.32. The summed E-state index contributed by atoms with van der Waals surface area (Å²) in [6.07, 6.45) is 1.07. The van der Waals surface area contributed by atoms with Crippen LogP contribution in [0.2, 0.25) is 0 Å². The van der Waals surface area contributed by atoms with E-state index in [-0.39, 0.29) is 12.3 Å². The van der Waals surface area contributed by atoms with Gasteiger partial charge in [0, 0.05) is 19.2 Å². The molecule has 1 amide bonds. The quantitative estimate of drug-likeness (QED) is 0.864. The molecule has 0 unspecified atom stereocenters. The molecule has 1 aromatic heterocycles. The van der Waals surface area contributed by atoms with E-state index < -0.39 is 0 Å². The van der Waals surface area contributed by atoms with Crippen LogP contribution in [0.1, 0.15) is 22.6 Å². The van der Waals surface area contributed by atoms with Crippen LogP contribution in [0.3, 0.4) is 0 Å². The zero-order valence-electron chi connectivity index (χ0n) is 13.6. The highest BCUT2D eigenvalue weighted by atomic mass is 16.5. The number of benzene rings is 1. The van der Waals surface area contributed by atoms with E-state index in [1.54, 1.807) is 20.3 Å². The fourth-order valence-electron chi connectivity index (χ4n) is 2.86. The molecule has 122 valence electrons. The first-order chi connectivity index (χ1) is 11.1. The molecule has 0 N–H and O–H groups in total. The molecule has 6 nitrogen and oxygen atoms in total. The molecule has 2 heterocycles. The predicted molar refractivity (Wildman–Crippen MR) is 83.6 cm³/mol. The lowest BCUT2D eigenvalue weighted by molar-refractivity contribution is -0.131. The van der Waals surface area contributed by atoms with Gasteiger partial charge in [-0.2, -0.15) is 0 Å². The zero-order valence-corrected chi connectivity index (χ0v) is 13.6. The van der Waals surface area contributed by atoms with Crippen molar-refractivity contribution in [1.82, 2.24) is 10.1 Å². The minimum absolute atomic E-state index is 0.0544. The SMILES string of the molecule is COc1cc2c(cc1OC)CN(C(=O)Cc1cc(C)on1)CC2. The van der Waals surface area contributed by atoms with E-state index in [1.807, 2.05) is 24.0 Å². The van der Waals surface area contributed by atoms with E-state index in [1.165, 1.54) is 5.56 Å². The molecule has 6 heteroatoms. The predicted octanol–water partition coefficient (Wildman–Crippen LogP) is 2.13. The molecule has 0 saturated heterocycles. The smallest absolute Gasteiger partial charge is 0.229 e. The number of methoxy groups -OCH3 is 2. The van der Waals surface area contributed by atoms with Gasteiger partial charge in [-0.1, -0.05) is 5.16 Å². The number of hydrogen-bond acceptors (Lipinski definition) is 5. The van der Waals surface area contributed by atoms with Gasteiger partial charge in [0.2, 0.25) is 5.91 Å². The Morgan fingerprint density at radius 3 is 2.52 bits per heavy atom. The highest BCUT2D eigenvalue weighted by Crippen LogP contribution is 2.33. The summed E-state index contributed by atoms with van der Waals surface area (Å²) in [6.45, 7) is 3.08. The maximum absolute atomic E-state index is 12.5. The summed E-state index contributed by atoms with van der Waals surface area (Å²) >= 11 is 0. The third kappa shape index (κ3) is 3.16. The molecule has 1 aliphatic heterocycles. The maximum atomic E-state index is 12.5. The summed E-state index contributed by atoms with van der Waals surface area (Å²) in [5.74, 6) is 2.18. The summed E-state index contributed by atoms with van der Waals surface area (Å²) in [6, 6.07) is 5.74. The van der Waals surface area contributed by atoms with Crippen LogP contribution < -0.4 is 9.47 Å². The molecular weight excluding hydrogens is 296 g/mol. The third-order valence-corrected chi connectivity index (χ3v) is 4.08. The van der Waals surface area contributed by atoms with Gasteiger partial charge in [-0.25, -0.2) is 0 Å². The number of carbonyl (C=O) groups excluding carboxylic acids is 1. The van der Waals surface area contributed by atoms with Gasteiger partial charge >= 0.3 is 0 Å². The van der Waals surface area contributed by atoms with Gasteiger partial charge < -0.3 is 18.9 Å². The molecule has 0 atom stereocenters. The van der Waals surface area contributed by atoms with Crippen LogP contribution in [0.25, 0.3) is 0 Å². The normalized spacial score (nSPS) is 13.6. The van der Waals surface area contributed by atoms with E-state index in [2.05, 4.69) is 5.16 Å². The molecule has 1 aromatic carbocycles. The molecule has 0 spiro atoms. The van der Waals surface area contributed by atoms with Gasteiger partial charge in [0.25, 0.3) is 0 Å². The number of fused-ring (bicyclic) bond motifs is 1. The Morgan fingerprint density at radius 1 is 1.22 bits per heavy atom. The number of carbonyl (C=O) groups is 1. The van der Waals surface area contributed by atoms with Gasteiger partial charge in [-0.15, -0.1) is 0 Å². The zero-order chi connectivity index (χ0) is 16.4. The van der Waals surface area contributed by atoms with Crippen molar-refractivity contribution in [2.75, 3.05) is 20.8 Å². The summed E-state index contributed by atoms with van der Waals surface area (Å²) < 4.78 is 15.7. The second-order valence-corrected chi connectivity index (χ2v) is 5.65. The van der Waals surface area contributed by atoms with E-state index in [9.17, 15) is 4.79 Å². The number of ether oxygens (including phenoxy) is 2. The van der Waals surface area contributed by atoms with Crippen molar-refractivity contribution in [2.24, 2.45) is 0 Å². The van der Waals surface area contributed by atoms with Crippen molar-refractivity contribution >= 4 is 5.91 Å². The molecule has 2 aromatic rings. The van der Waals surface area contributed by atoms with Crippen LogP contribution in [-0.4, -0.2) is 36.7 Å². The average Bonchev–Trinajstić information content (AvgIpc) is 2.97. The molecule has 0 aliphatic carbocycles. The molecule has 3 rings (SSSR count). The monoisotopic (exact) mass is 316 g/mol. The van der Waals surface area contributed by atoms with E-state index in [0.29, 0.717) is 30.3 Å². The average molecular weight is 316 g/mol. The Balaban J connectivity index is 1.75. The minimum Gasteiger partial charge on any atom is -0.493 e. The molecule has 0 bridgehead atoms. The number of hydrogen-bond donors (Lipinski definition) is 0. The first-order valence-corrected chi connectivity index (χ1v) is 7.54. The number of aromatic nitrogens is 1. The number of aryl methyl sites for hydroxylation is 1. The van der Waals surface area contributed by atoms with Gasteiger partial charge in [0.1, 0.15) is 5.76 Å². The molecule has 0 radical (unpaired) electrons. The summed E-state index contributed by atoms with van der Waals surface area (Å²) in [5.41, 5.74) is 2.97. The molecule has 0 saturated carbocycles. The Morgan fingerprint density at radius 2 is 1.91 bits per heavy atom. The largest absolute Gasteiger partial charge is 0.493 e. The van der Waals surface area contributed by atoms with Crippen LogP contribution in [-0.2, 0) is 24.2 Å². The highest BCUT2D eigenvalue weighted by Gasteiger charge is 2.23. The van der Waals surface area contributed by atoms with Crippen molar-refractivity contribution in [2.45, 2.75) is 26.3 Å². The first-order valence-electron chi connectivity index (χ1n) is 7.54. The van der Waals surface area contributed by atoms with Crippen LogP contribution in [0, 0.1) is 6.92 Å². The van der Waals surface area contributed by atoms with Crippen LogP contribution in [0.5, 0.6) is 11.5 Å². The van der Waals surface area contributed by atoms with Gasteiger partial charge in [0.05, 0.1) is 26.3 Å². The second-order valence-electron chi connectivity index (χ2n) is 5.65. The molecule has 23 heavy (non-hydrogen) atoms. The van der Waals surface area contributed by atoms with Crippen molar-refractivity contribution in [1.29, 1.82) is 0 Å². The van der Waals surface area contributed by atoms with E-state index in [4.69, 9.17) is 14.0 Å². The van der Waals surface area contributed by atoms with Crippen LogP contribution >= 0.6 is 0 Å². The van der Waals surface area contributed by atoms with Crippen molar-refractivity contribution in [3.8, 4) is 11.5 Å². The van der Waals surface area contributed by atoms with Gasteiger partial charge in [0.15, 0.2) is 11.5 Å². The first kappa shape index (κ1) is 15.4. The summed E-state index contributed by atoms with van der Waals surface area (Å²) in [5, 5.41) is 3.89. The number of amides is 1.